The summed E-state index contributed by atoms with van der Waals surface area (Å²) < 4.78 is 11.8. The van der Waals surface area contributed by atoms with E-state index >= 15 is 0 Å². The van der Waals surface area contributed by atoms with E-state index in [2.05, 4.69) is 15.9 Å². The first kappa shape index (κ1) is 13.5. The fourth-order valence-corrected chi connectivity index (χ4v) is 2.57. The Morgan fingerprint density at radius 3 is 2.35 bits per heavy atom. The molecule has 0 N–H and O–H groups in total. The molecule has 0 saturated carbocycles. The summed E-state index contributed by atoms with van der Waals surface area (Å²) >= 11 is 3.38. The normalized spacial score (nSPS) is 15.4. The number of rotatable bonds is 3. The van der Waals surface area contributed by atoms with Gasteiger partial charge in [0.1, 0.15) is 0 Å². The Labute approximate surface area is 125 Å². The second kappa shape index (κ2) is 5.87. The molecule has 3 rings (SSSR count). The van der Waals surface area contributed by atoms with Crippen LogP contribution in [0.15, 0.2) is 53.0 Å². The number of carbonyl (C=O) groups excluding carboxylic acids is 1. The van der Waals surface area contributed by atoms with Crippen LogP contribution in [0.1, 0.15) is 27.8 Å². The molecule has 1 saturated heterocycles. The minimum atomic E-state index is -0.356. The van der Waals surface area contributed by atoms with Crippen LogP contribution in [0.3, 0.4) is 0 Å². The van der Waals surface area contributed by atoms with Crippen molar-refractivity contribution in [1.29, 1.82) is 0 Å². The Kier molecular flexibility index (Phi) is 3.96. The molecule has 0 radical (unpaired) electrons. The van der Waals surface area contributed by atoms with Crippen LogP contribution >= 0.6 is 15.9 Å². The van der Waals surface area contributed by atoms with Crippen molar-refractivity contribution in [3.8, 4) is 0 Å². The van der Waals surface area contributed by atoms with Crippen molar-refractivity contribution in [1.82, 2.24) is 0 Å². The smallest absolute Gasteiger partial charge is 0.193 e. The minimum absolute atomic E-state index is 0.00820. The Morgan fingerprint density at radius 2 is 1.65 bits per heavy atom. The van der Waals surface area contributed by atoms with Crippen LogP contribution in [0, 0.1) is 0 Å². The lowest BCUT2D eigenvalue weighted by Gasteiger charge is -2.10. The molecular formula is C16H13BrO3. The zero-order chi connectivity index (χ0) is 13.9. The first-order valence-corrected chi connectivity index (χ1v) is 7.17. The highest BCUT2D eigenvalue weighted by Crippen LogP contribution is 2.25. The Balaban J connectivity index is 1.90. The molecule has 102 valence electrons. The van der Waals surface area contributed by atoms with E-state index in [4.69, 9.17) is 9.47 Å². The van der Waals surface area contributed by atoms with Gasteiger partial charge in [-0.05, 0) is 18.2 Å². The van der Waals surface area contributed by atoms with E-state index in [-0.39, 0.29) is 12.1 Å². The zero-order valence-corrected chi connectivity index (χ0v) is 12.3. The third-order valence-corrected chi connectivity index (χ3v) is 3.62. The molecule has 0 spiro atoms. The van der Waals surface area contributed by atoms with Gasteiger partial charge >= 0.3 is 0 Å². The van der Waals surface area contributed by atoms with E-state index in [1.54, 1.807) is 0 Å². The predicted molar refractivity (Wildman–Crippen MR) is 78.7 cm³/mol. The van der Waals surface area contributed by atoms with Gasteiger partial charge in [-0.2, -0.15) is 0 Å². The van der Waals surface area contributed by atoms with Crippen molar-refractivity contribution in [3.63, 3.8) is 0 Å². The molecule has 0 amide bonds. The molecule has 0 aliphatic carbocycles. The summed E-state index contributed by atoms with van der Waals surface area (Å²) in [5.74, 6) is -0.00820. The summed E-state index contributed by atoms with van der Waals surface area (Å²) in [5.41, 5.74) is 2.17. The minimum Gasteiger partial charge on any atom is -0.346 e. The van der Waals surface area contributed by atoms with Crippen LogP contribution in [-0.4, -0.2) is 19.0 Å². The number of hydrogen-bond acceptors (Lipinski definition) is 3. The summed E-state index contributed by atoms with van der Waals surface area (Å²) in [6.45, 7) is 1.18. The van der Waals surface area contributed by atoms with Crippen molar-refractivity contribution in [3.05, 3.63) is 69.7 Å². The third kappa shape index (κ3) is 2.82. The van der Waals surface area contributed by atoms with Gasteiger partial charge in [0.25, 0.3) is 0 Å². The van der Waals surface area contributed by atoms with Gasteiger partial charge in [0.15, 0.2) is 12.1 Å². The number of halogens is 1. The lowest BCUT2D eigenvalue weighted by Crippen LogP contribution is -2.04. The maximum absolute atomic E-state index is 12.5. The molecule has 0 bridgehead atoms. The standard InChI is InChI=1S/C16H13BrO3/c17-14-6-2-4-12(10-14)15(18)11-3-1-5-13(9-11)16-19-7-8-20-16/h1-6,9-10,16H,7-8H2. The maximum Gasteiger partial charge on any atom is 0.193 e. The van der Waals surface area contributed by atoms with E-state index in [0.717, 1.165) is 10.0 Å². The quantitative estimate of drug-likeness (QED) is 0.803. The van der Waals surface area contributed by atoms with Gasteiger partial charge in [-0.1, -0.05) is 46.3 Å². The molecule has 2 aromatic rings. The molecule has 2 aromatic carbocycles. The molecule has 1 aliphatic heterocycles. The fourth-order valence-electron chi connectivity index (χ4n) is 2.17. The second-order valence-corrected chi connectivity index (χ2v) is 5.45. The highest BCUT2D eigenvalue weighted by molar-refractivity contribution is 9.10. The average molecular weight is 333 g/mol. The number of ether oxygens (including phenoxy) is 2. The molecule has 0 unspecified atom stereocenters. The van der Waals surface area contributed by atoms with Crippen molar-refractivity contribution < 1.29 is 14.3 Å². The number of carbonyl (C=O) groups is 1. The van der Waals surface area contributed by atoms with Crippen molar-refractivity contribution in [2.45, 2.75) is 6.29 Å². The molecule has 0 atom stereocenters. The summed E-state index contributed by atoms with van der Waals surface area (Å²) in [6, 6.07) is 14.8. The van der Waals surface area contributed by atoms with Crippen molar-refractivity contribution >= 4 is 21.7 Å². The third-order valence-electron chi connectivity index (χ3n) is 3.13. The number of benzene rings is 2. The van der Waals surface area contributed by atoms with Gasteiger partial charge in [-0.25, -0.2) is 0 Å². The second-order valence-electron chi connectivity index (χ2n) is 4.54. The molecule has 1 fully saturated rings. The molecule has 20 heavy (non-hydrogen) atoms. The largest absolute Gasteiger partial charge is 0.346 e. The van der Waals surface area contributed by atoms with Gasteiger partial charge in [-0.3, -0.25) is 4.79 Å². The zero-order valence-electron chi connectivity index (χ0n) is 10.7. The lowest BCUT2D eigenvalue weighted by atomic mass is 10.0. The van der Waals surface area contributed by atoms with Gasteiger partial charge < -0.3 is 9.47 Å². The van der Waals surface area contributed by atoms with E-state index in [0.29, 0.717) is 24.3 Å². The molecular weight excluding hydrogens is 320 g/mol. The maximum atomic E-state index is 12.5. The number of ketones is 1. The first-order valence-electron chi connectivity index (χ1n) is 6.37. The van der Waals surface area contributed by atoms with Crippen LogP contribution in [0.4, 0.5) is 0 Å². The number of hydrogen-bond donors (Lipinski definition) is 0. The molecule has 1 aliphatic rings. The average Bonchev–Trinajstić information content (AvgIpc) is 3.01. The summed E-state index contributed by atoms with van der Waals surface area (Å²) in [4.78, 5) is 12.5. The topological polar surface area (TPSA) is 35.5 Å². The molecule has 3 nitrogen and oxygen atoms in total. The summed E-state index contributed by atoms with van der Waals surface area (Å²) in [7, 11) is 0. The highest BCUT2D eigenvalue weighted by atomic mass is 79.9. The van der Waals surface area contributed by atoms with E-state index in [1.165, 1.54) is 0 Å². The summed E-state index contributed by atoms with van der Waals surface area (Å²) in [6.07, 6.45) is -0.356. The fraction of sp³-hybridized carbons (Fsp3) is 0.188. The lowest BCUT2D eigenvalue weighted by molar-refractivity contribution is -0.0441. The Bertz CT molecular complexity index is 633. The SMILES string of the molecule is O=C(c1cccc(Br)c1)c1cccc(C2OCCO2)c1. The Morgan fingerprint density at radius 1 is 1.00 bits per heavy atom. The monoisotopic (exact) mass is 332 g/mol. The van der Waals surface area contributed by atoms with Crippen LogP contribution in [0.5, 0.6) is 0 Å². The van der Waals surface area contributed by atoms with Crippen LogP contribution < -0.4 is 0 Å². The Hall–Kier alpha value is -1.49. The molecule has 0 aromatic heterocycles. The van der Waals surface area contributed by atoms with Gasteiger partial charge in [0.05, 0.1) is 13.2 Å². The molecule has 4 heteroatoms. The van der Waals surface area contributed by atoms with E-state index < -0.39 is 0 Å². The van der Waals surface area contributed by atoms with Gasteiger partial charge in [0.2, 0.25) is 0 Å². The highest BCUT2D eigenvalue weighted by Gasteiger charge is 2.19. The van der Waals surface area contributed by atoms with Gasteiger partial charge in [0, 0.05) is 21.2 Å². The van der Waals surface area contributed by atoms with Crippen molar-refractivity contribution in [2.24, 2.45) is 0 Å². The summed E-state index contributed by atoms with van der Waals surface area (Å²) in [5, 5.41) is 0. The van der Waals surface area contributed by atoms with E-state index in [1.807, 2.05) is 48.5 Å². The van der Waals surface area contributed by atoms with E-state index in [9.17, 15) is 4.79 Å². The van der Waals surface area contributed by atoms with Crippen LogP contribution in [-0.2, 0) is 9.47 Å². The van der Waals surface area contributed by atoms with Gasteiger partial charge in [-0.15, -0.1) is 0 Å². The van der Waals surface area contributed by atoms with Crippen LogP contribution in [0.2, 0.25) is 0 Å². The first-order chi connectivity index (χ1) is 9.74. The van der Waals surface area contributed by atoms with Crippen molar-refractivity contribution in [2.75, 3.05) is 13.2 Å². The molecule has 1 heterocycles. The predicted octanol–water partition coefficient (Wildman–Crippen LogP) is 3.73. The van der Waals surface area contributed by atoms with Crippen LogP contribution in [0.25, 0.3) is 0 Å².